The first kappa shape index (κ1) is 29.3. The van der Waals surface area contributed by atoms with Crippen LogP contribution in [0.25, 0.3) is 0 Å². The maximum atomic E-state index is 13.4. The Kier molecular flexibility index (Phi) is 8.88. The lowest BCUT2D eigenvalue weighted by molar-refractivity contribution is -0.137. The van der Waals surface area contributed by atoms with Crippen LogP contribution < -0.4 is 14.8 Å². The van der Waals surface area contributed by atoms with Gasteiger partial charge in [-0.15, -0.1) is 0 Å². The number of nitrogens with zero attached hydrogens (tertiary/aromatic N) is 2. The molecule has 1 N–H and O–H groups in total. The number of carbonyl (C=O) groups excluding carboxylic acids is 1. The normalized spacial score (nSPS) is 23.3. The van der Waals surface area contributed by atoms with Gasteiger partial charge in [-0.05, 0) is 75.2 Å². The lowest BCUT2D eigenvalue weighted by Gasteiger charge is -2.47. The van der Waals surface area contributed by atoms with Crippen LogP contribution in [0.2, 0.25) is 5.02 Å². The molecule has 0 aromatic heterocycles. The summed E-state index contributed by atoms with van der Waals surface area (Å²) in [5, 5.41) is 2.24. The molecule has 2 amide bonds. The summed E-state index contributed by atoms with van der Waals surface area (Å²) in [6.45, 7) is 1.53. The van der Waals surface area contributed by atoms with E-state index in [-0.39, 0.29) is 23.2 Å². The summed E-state index contributed by atoms with van der Waals surface area (Å²) in [5.41, 5.74) is 0.121. The lowest BCUT2D eigenvalue weighted by atomic mass is 9.64. The Morgan fingerprint density at radius 1 is 1.13 bits per heavy atom. The lowest BCUT2D eigenvalue weighted by Crippen LogP contribution is -2.54. The highest BCUT2D eigenvalue weighted by molar-refractivity contribution is 6.31. The number of methoxy groups -OCH3 is 3. The van der Waals surface area contributed by atoms with Crippen LogP contribution in [0.15, 0.2) is 36.4 Å². The van der Waals surface area contributed by atoms with E-state index in [0.717, 1.165) is 44.4 Å². The van der Waals surface area contributed by atoms with Crippen molar-refractivity contribution in [3.8, 4) is 11.5 Å². The number of urea groups is 1. The van der Waals surface area contributed by atoms with Crippen LogP contribution in [0.1, 0.15) is 36.8 Å². The predicted molar refractivity (Wildman–Crippen MR) is 144 cm³/mol. The molecular formula is C28H35ClF3N3O4. The van der Waals surface area contributed by atoms with Gasteiger partial charge in [0.25, 0.3) is 0 Å². The maximum Gasteiger partial charge on any atom is 0.417 e. The molecule has 0 unspecified atom stereocenters. The fourth-order valence-electron chi connectivity index (χ4n) is 6.18. The van der Waals surface area contributed by atoms with Crippen molar-refractivity contribution >= 4 is 23.3 Å². The highest BCUT2D eigenvalue weighted by Crippen LogP contribution is 2.50. The Labute approximate surface area is 232 Å². The monoisotopic (exact) mass is 569 g/mol. The van der Waals surface area contributed by atoms with Crippen LogP contribution in [-0.2, 0) is 16.3 Å². The molecule has 2 fully saturated rings. The van der Waals surface area contributed by atoms with E-state index in [1.165, 1.54) is 11.6 Å². The van der Waals surface area contributed by atoms with Crippen LogP contribution in [0.3, 0.4) is 0 Å². The largest absolute Gasteiger partial charge is 0.493 e. The second-order valence-corrected chi connectivity index (χ2v) is 10.6. The van der Waals surface area contributed by atoms with Crippen molar-refractivity contribution in [3.05, 3.63) is 52.5 Å². The molecule has 1 heterocycles. The number of carbonyl (C=O) groups is 1. The average molecular weight is 570 g/mol. The van der Waals surface area contributed by atoms with Gasteiger partial charge in [-0.25, -0.2) is 4.79 Å². The van der Waals surface area contributed by atoms with Gasteiger partial charge < -0.3 is 29.3 Å². The fourth-order valence-corrected chi connectivity index (χ4v) is 6.41. The predicted octanol–water partition coefficient (Wildman–Crippen LogP) is 6.05. The van der Waals surface area contributed by atoms with Crippen molar-refractivity contribution in [1.82, 2.24) is 9.80 Å². The minimum atomic E-state index is -4.63. The summed E-state index contributed by atoms with van der Waals surface area (Å²) < 4.78 is 56.4. The van der Waals surface area contributed by atoms with Gasteiger partial charge >= 0.3 is 12.2 Å². The van der Waals surface area contributed by atoms with E-state index >= 15 is 0 Å². The number of likely N-dealkylation sites (N-methyl/N-ethyl adjacent to an activating group) is 1. The Bertz CT molecular complexity index is 1180. The molecular weight excluding hydrogens is 535 g/mol. The molecule has 214 valence electrons. The molecule has 11 heteroatoms. The van der Waals surface area contributed by atoms with Crippen LogP contribution in [0.4, 0.5) is 23.7 Å². The summed E-state index contributed by atoms with van der Waals surface area (Å²) >= 11 is 5.76. The molecule has 0 radical (unpaired) electrons. The van der Waals surface area contributed by atoms with Crippen molar-refractivity contribution in [2.24, 2.45) is 0 Å². The highest BCUT2D eigenvalue weighted by atomic mass is 35.5. The second-order valence-electron chi connectivity index (χ2n) is 10.2. The number of hydrogen-bond donors (Lipinski definition) is 1. The summed E-state index contributed by atoms with van der Waals surface area (Å²) in [7, 11) is 6.89. The van der Waals surface area contributed by atoms with E-state index in [1.54, 1.807) is 26.2 Å². The number of likely N-dealkylation sites (tertiary alicyclic amines) is 1. The zero-order valence-electron chi connectivity index (χ0n) is 22.6. The number of halogens is 4. The van der Waals surface area contributed by atoms with Crippen molar-refractivity contribution < 1.29 is 32.2 Å². The Hall–Kier alpha value is -2.69. The fraction of sp³-hybridized carbons (Fsp3) is 0.536. The first-order valence-corrected chi connectivity index (χ1v) is 13.3. The summed E-state index contributed by atoms with van der Waals surface area (Å²) in [5.74, 6) is 1.36. The third-order valence-electron chi connectivity index (χ3n) is 8.22. The standard InChI is InChI=1S/C28H35ClF3N3O4/c1-34-12-11-27(18-5-8-23(38-3)24(15-18)39-4)10-9-20(17-25(27)34)35(13-14-37-2)26(36)33-19-6-7-22(29)21(16-19)28(30,31)32/h5-8,15-16,20,25H,9-14,17H2,1-4H3,(H,33,36)/t20-,25+,27-/m0/s1. The van der Waals surface area contributed by atoms with E-state index in [4.69, 9.17) is 25.8 Å². The van der Waals surface area contributed by atoms with E-state index in [2.05, 4.69) is 29.4 Å². The SMILES string of the molecule is COCCN(C(=O)Nc1ccc(Cl)c(C(F)(F)F)c1)[C@H]1CC[C@@]2(c3ccc(OC)c(OC)c3)CCN(C)[C@@H]2C1. The summed E-state index contributed by atoms with van der Waals surface area (Å²) in [6, 6.07) is 9.05. The number of rotatable bonds is 8. The van der Waals surface area contributed by atoms with E-state index in [1.807, 2.05) is 6.07 Å². The van der Waals surface area contributed by atoms with Gasteiger partial charge in [0.2, 0.25) is 0 Å². The van der Waals surface area contributed by atoms with Crippen LogP contribution in [0.5, 0.6) is 11.5 Å². The van der Waals surface area contributed by atoms with Gasteiger partial charge in [-0.1, -0.05) is 17.7 Å². The molecule has 4 rings (SSSR count). The average Bonchev–Trinajstić information content (AvgIpc) is 3.25. The smallest absolute Gasteiger partial charge is 0.417 e. The van der Waals surface area contributed by atoms with Gasteiger partial charge in [0, 0.05) is 36.8 Å². The van der Waals surface area contributed by atoms with Crippen LogP contribution in [0, 0.1) is 0 Å². The van der Waals surface area contributed by atoms with Crippen molar-refractivity contribution in [2.45, 2.75) is 49.4 Å². The molecule has 2 aliphatic rings. The molecule has 7 nitrogen and oxygen atoms in total. The third kappa shape index (κ3) is 5.93. The number of alkyl halides is 3. The number of benzene rings is 2. The number of anilines is 1. The van der Waals surface area contributed by atoms with Crippen molar-refractivity contribution in [1.29, 1.82) is 0 Å². The molecule has 0 bridgehead atoms. The highest BCUT2D eigenvalue weighted by Gasteiger charge is 2.51. The Morgan fingerprint density at radius 3 is 2.54 bits per heavy atom. The van der Waals surface area contributed by atoms with Gasteiger partial charge in [0.15, 0.2) is 11.5 Å². The third-order valence-corrected chi connectivity index (χ3v) is 8.55. The molecule has 2 aromatic carbocycles. The Balaban J connectivity index is 1.58. The zero-order valence-corrected chi connectivity index (χ0v) is 23.4. The minimum Gasteiger partial charge on any atom is -0.493 e. The molecule has 3 atom stereocenters. The molecule has 2 aromatic rings. The van der Waals surface area contributed by atoms with E-state index in [9.17, 15) is 18.0 Å². The quantitative estimate of drug-likeness (QED) is 0.419. The van der Waals surface area contributed by atoms with Crippen LogP contribution in [-0.4, -0.2) is 76.0 Å². The first-order chi connectivity index (χ1) is 18.5. The van der Waals surface area contributed by atoms with Gasteiger partial charge in [-0.2, -0.15) is 13.2 Å². The van der Waals surface area contributed by atoms with E-state index in [0.29, 0.717) is 24.7 Å². The molecule has 1 aliphatic carbocycles. The van der Waals surface area contributed by atoms with Crippen molar-refractivity contribution in [3.63, 3.8) is 0 Å². The molecule has 1 aliphatic heterocycles. The second kappa shape index (κ2) is 11.8. The Morgan fingerprint density at radius 2 is 1.87 bits per heavy atom. The number of fused-ring (bicyclic) bond motifs is 1. The minimum absolute atomic E-state index is 0.0348. The topological polar surface area (TPSA) is 63.3 Å². The zero-order chi connectivity index (χ0) is 28.4. The number of amides is 2. The molecule has 39 heavy (non-hydrogen) atoms. The van der Waals surface area contributed by atoms with E-state index < -0.39 is 22.8 Å². The molecule has 0 spiro atoms. The molecule has 1 saturated carbocycles. The van der Waals surface area contributed by atoms with Gasteiger partial charge in [0.05, 0.1) is 31.4 Å². The van der Waals surface area contributed by atoms with Gasteiger partial charge in [0.1, 0.15) is 0 Å². The number of nitrogens with one attached hydrogen (secondary N) is 1. The molecule has 1 saturated heterocycles. The van der Waals surface area contributed by atoms with Crippen LogP contribution >= 0.6 is 11.6 Å². The van der Waals surface area contributed by atoms with Gasteiger partial charge in [-0.3, -0.25) is 0 Å². The summed E-state index contributed by atoms with van der Waals surface area (Å²) in [4.78, 5) is 17.5. The van der Waals surface area contributed by atoms with Crippen molar-refractivity contribution in [2.75, 3.05) is 53.4 Å². The summed E-state index contributed by atoms with van der Waals surface area (Å²) in [6.07, 6.45) is -1.35. The maximum absolute atomic E-state index is 13.4. The first-order valence-electron chi connectivity index (χ1n) is 12.9. The number of hydrogen-bond acceptors (Lipinski definition) is 5. The number of ether oxygens (including phenoxy) is 3.